The Kier molecular flexibility index (Phi) is 8.17. The van der Waals surface area contributed by atoms with Gasteiger partial charge in [0.1, 0.15) is 11.6 Å². The summed E-state index contributed by atoms with van der Waals surface area (Å²) in [5.41, 5.74) is 0.348. The fourth-order valence-electron chi connectivity index (χ4n) is 2.08. The predicted octanol–water partition coefficient (Wildman–Crippen LogP) is 3.47. The molecule has 1 rings (SSSR count). The smallest absolute Gasteiger partial charge is 0.408 e. The van der Waals surface area contributed by atoms with Crippen molar-refractivity contribution in [2.24, 2.45) is 0 Å². The van der Waals surface area contributed by atoms with E-state index in [4.69, 9.17) is 9.47 Å². The first-order valence-corrected chi connectivity index (χ1v) is 8.30. The van der Waals surface area contributed by atoms with Gasteiger partial charge in [0.15, 0.2) is 5.78 Å². The van der Waals surface area contributed by atoms with E-state index in [2.05, 4.69) is 17.2 Å². The molecule has 1 aromatic carbocycles. The SMILES string of the molecule is CC#CCC(=O)[C@H](NC(=O)OC(C)(C)C)[C@H](C)OCc1ccccc1. The van der Waals surface area contributed by atoms with Crippen molar-refractivity contribution in [1.82, 2.24) is 5.32 Å². The van der Waals surface area contributed by atoms with Crippen LogP contribution in [0.4, 0.5) is 4.79 Å². The lowest BCUT2D eigenvalue weighted by atomic mass is 10.0. The van der Waals surface area contributed by atoms with Crippen LogP contribution in [-0.2, 0) is 20.9 Å². The lowest BCUT2D eigenvalue weighted by Gasteiger charge is -2.26. The molecule has 136 valence electrons. The summed E-state index contributed by atoms with van der Waals surface area (Å²) in [4.78, 5) is 24.5. The molecule has 0 aromatic heterocycles. The van der Waals surface area contributed by atoms with Crippen molar-refractivity contribution in [3.63, 3.8) is 0 Å². The number of rotatable bonds is 7. The molecule has 0 aliphatic rings. The quantitative estimate of drug-likeness (QED) is 0.769. The number of amides is 1. The summed E-state index contributed by atoms with van der Waals surface area (Å²) < 4.78 is 11.0. The first-order valence-electron chi connectivity index (χ1n) is 8.30. The van der Waals surface area contributed by atoms with Crippen molar-refractivity contribution in [1.29, 1.82) is 0 Å². The molecule has 1 amide bonds. The summed E-state index contributed by atoms with van der Waals surface area (Å²) in [6.07, 6.45) is -1.11. The van der Waals surface area contributed by atoms with Crippen LogP contribution in [0, 0.1) is 11.8 Å². The predicted molar refractivity (Wildman–Crippen MR) is 96.9 cm³/mol. The maximum Gasteiger partial charge on any atom is 0.408 e. The number of carbonyl (C=O) groups is 2. The molecule has 0 saturated carbocycles. The Balaban J connectivity index is 2.75. The van der Waals surface area contributed by atoms with Gasteiger partial charge in [-0.3, -0.25) is 4.79 Å². The van der Waals surface area contributed by atoms with Gasteiger partial charge in [-0.05, 0) is 40.2 Å². The number of alkyl carbamates (subject to hydrolysis) is 1. The molecule has 25 heavy (non-hydrogen) atoms. The Hall–Kier alpha value is -2.32. The average molecular weight is 345 g/mol. The van der Waals surface area contributed by atoms with Gasteiger partial charge in [0.2, 0.25) is 0 Å². The van der Waals surface area contributed by atoms with Gasteiger partial charge in [-0.1, -0.05) is 36.3 Å². The van der Waals surface area contributed by atoms with E-state index in [9.17, 15) is 9.59 Å². The first kappa shape index (κ1) is 20.7. The van der Waals surface area contributed by atoms with E-state index in [0.29, 0.717) is 6.61 Å². The van der Waals surface area contributed by atoms with Gasteiger partial charge in [0.05, 0.1) is 19.1 Å². The van der Waals surface area contributed by atoms with Gasteiger partial charge in [-0.2, -0.15) is 0 Å². The summed E-state index contributed by atoms with van der Waals surface area (Å²) in [6.45, 7) is 9.06. The monoisotopic (exact) mass is 345 g/mol. The molecule has 0 aliphatic carbocycles. The minimum absolute atomic E-state index is 0.0516. The highest BCUT2D eigenvalue weighted by Gasteiger charge is 2.29. The Morgan fingerprint density at radius 1 is 1.20 bits per heavy atom. The summed E-state index contributed by atoms with van der Waals surface area (Å²) in [5, 5.41) is 2.61. The van der Waals surface area contributed by atoms with Crippen LogP contribution in [0.15, 0.2) is 30.3 Å². The number of ether oxygens (including phenoxy) is 2. The number of hydrogen-bond acceptors (Lipinski definition) is 4. The molecule has 1 aromatic rings. The lowest BCUT2D eigenvalue weighted by Crippen LogP contribution is -2.49. The highest BCUT2D eigenvalue weighted by Crippen LogP contribution is 2.11. The highest BCUT2D eigenvalue weighted by atomic mass is 16.6. The second-order valence-electron chi connectivity index (χ2n) is 6.70. The van der Waals surface area contributed by atoms with Crippen LogP contribution in [0.1, 0.15) is 46.6 Å². The van der Waals surface area contributed by atoms with Gasteiger partial charge in [0, 0.05) is 0 Å². The van der Waals surface area contributed by atoms with Gasteiger partial charge in [0.25, 0.3) is 0 Å². The Morgan fingerprint density at radius 2 is 1.84 bits per heavy atom. The molecule has 2 atom stereocenters. The van der Waals surface area contributed by atoms with Crippen molar-refractivity contribution >= 4 is 11.9 Å². The molecule has 0 heterocycles. The molecule has 0 aliphatic heterocycles. The van der Waals surface area contributed by atoms with E-state index in [1.165, 1.54) is 0 Å². The van der Waals surface area contributed by atoms with E-state index in [-0.39, 0.29) is 12.2 Å². The van der Waals surface area contributed by atoms with Crippen LogP contribution in [-0.4, -0.2) is 29.6 Å². The van der Waals surface area contributed by atoms with E-state index >= 15 is 0 Å². The Bertz CT molecular complexity index is 623. The third-order valence-electron chi connectivity index (χ3n) is 3.28. The van der Waals surface area contributed by atoms with Gasteiger partial charge >= 0.3 is 6.09 Å². The third-order valence-corrected chi connectivity index (χ3v) is 3.28. The minimum atomic E-state index is -0.820. The minimum Gasteiger partial charge on any atom is -0.444 e. The Labute approximate surface area is 150 Å². The van der Waals surface area contributed by atoms with Gasteiger partial charge in [-0.15, -0.1) is 5.92 Å². The van der Waals surface area contributed by atoms with Crippen molar-refractivity contribution in [3.05, 3.63) is 35.9 Å². The maximum absolute atomic E-state index is 12.4. The average Bonchev–Trinajstić information content (AvgIpc) is 2.54. The number of hydrogen-bond donors (Lipinski definition) is 1. The second-order valence-corrected chi connectivity index (χ2v) is 6.70. The zero-order valence-corrected chi connectivity index (χ0v) is 15.6. The Morgan fingerprint density at radius 3 is 2.40 bits per heavy atom. The zero-order valence-electron chi connectivity index (χ0n) is 15.6. The first-order chi connectivity index (χ1) is 11.7. The van der Waals surface area contributed by atoms with Gasteiger partial charge in [-0.25, -0.2) is 4.79 Å². The van der Waals surface area contributed by atoms with Crippen molar-refractivity contribution in [2.45, 2.75) is 65.4 Å². The summed E-state index contributed by atoms with van der Waals surface area (Å²) in [5.74, 6) is 5.21. The van der Waals surface area contributed by atoms with E-state index in [0.717, 1.165) is 5.56 Å². The van der Waals surface area contributed by atoms with Crippen LogP contribution in [0.5, 0.6) is 0 Å². The summed E-state index contributed by atoms with van der Waals surface area (Å²) in [6, 6.07) is 8.82. The number of nitrogens with one attached hydrogen (secondary N) is 1. The van der Waals surface area contributed by atoms with Crippen LogP contribution in [0.3, 0.4) is 0 Å². The normalized spacial score (nSPS) is 13.2. The van der Waals surface area contributed by atoms with Crippen LogP contribution < -0.4 is 5.32 Å². The standard InChI is InChI=1S/C20H27NO4/c1-6-7-13-17(22)18(21-19(23)25-20(3,4)5)15(2)24-14-16-11-9-8-10-12-16/h8-12,15,18H,13-14H2,1-5H3,(H,21,23)/t15-,18+/m0/s1. The molecular weight excluding hydrogens is 318 g/mol. The lowest BCUT2D eigenvalue weighted by molar-refractivity contribution is -0.124. The number of carbonyl (C=O) groups excluding carboxylic acids is 2. The highest BCUT2D eigenvalue weighted by molar-refractivity contribution is 5.89. The van der Waals surface area contributed by atoms with Crippen molar-refractivity contribution in [3.8, 4) is 11.8 Å². The van der Waals surface area contributed by atoms with Crippen LogP contribution in [0.2, 0.25) is 0 Å². The van der Waals surface area contributed by atoms with Crippen molar-refractivity contribution < 1.29 is 19.1 Å². The third kappa shape index (κ3) is 8.37. The molecule has 0 bridgehead atoms. The summed E-state index contributed by atoms with van der Waals surface area (Å²) >= 11 is 0. The van der Waals surface area contributed by atoms with Crippen LogP contribution in [0.25, 0.3) is 0 Å². The molecule has 0 fully saturated rings. The molecular formula is C20H27NO4. The fourth-order valence-corrected chi connectivity index (χ4v) is 2.08. The van der Waals surface area contributed by atoms with E-state index in [1.54, 1.807) is 34.6 Å². The largest absolute Gasteiger partial charge is 0.444 e. The summed E-state index contributed by atoms with van der Waals surface area (Å²) in [7, 11) is 0. The molecule has 1 N–H and O–H groups in total. The van der Waals surface area contributed by atoms with E-state index < -0.39 is 23.8 Å². The van der Waals surface area contributed by atoms with Gasteiger partial charge < -0.3 is 14.8 Å². The number of benzene rings is 1. The molecule has 0 saturated heterocycles. The molecule has 5 nitrogen and oxygen atoms in total. The van der Waals surface area contributed by atoms with E-state index in [1.807, 2.05) is 30.3 Å². The number of ketones is 1. The fraction of sp³-hybridized carbons (Fsp3) is 0.500. The molecule has 5 heteroatoms. The molecule has 0 radical (unpaired) electrons. The zero-order chi connectivity index (χ0) is 18.9. The van der Waals surface area contributed by atoms with Crippen LogP contribution >= 0.6 is 0 Å². The number of Topliss-reactive ketones (excluding diaryl/α,β-unsaturated/α-hetero) is 1. The molecule has 0 spiro atoms. The maximum atomic E-state index is 12.4. The molecule has 0 unspecified atom stereocenters. The second kappa shape index (κ2) is 9.85. The topological polar surface area (TPSA) is 64.6 Å². The van der Waals surface area contributed by atoms with Crippen molar-refractivity contribution in [2.75, 3.05) is 0 Å².